The Morgan fingerprint density at radius 1 is 1.33 bits per heavy atom. The first kappa shape index (κ1) is 18.1. The van der Waals surface area contributed by atoms with Gasteiger partial charge in [0.1, 0.15) is 11.9 Å². The van der Waals surface area contributed by atoms with Gasteiger partial charge in [-0.05, 0) is 38.5 Å². The van der Waals surface area contributed by atoms with Crippen molar-refractivity contribution in [2.24, 2.45) is 7.05 Å². The standard InChI is InChI=1S/C18H22F3N5O/c1-3-13(17(27)22-15-9-12(10-7-8-10)23-25(15)2)26-14-6-4-5-11(14)16(24-26)18(19,20)21/h9-10,13H,3-8H2,1-2H3,(H,22,27). The second-order valence-electron chi connectivity index (χ2n) is 7.34. The molecule has 0 spiro atoms. The van der Waals surface area contributed by atoms with Gasteiger partial charge in [0.25, 0.3) is 0 Å². The molecule has 1 N–H and O–H groups in total. The number of hydrogen-bond donors (Lipinski definition) is 1. The van der Waals surface area contributed by atoms with Crippen LogP contribution >= 0.6 is 0 Å². The molecule has 0 aromatic carbocycles. The molecule has 6 nitrogen and oxygen atoms in total. The van der Waals surface area contributed by atoms with Crippen LogP contribution in [0, 0.1) is 0 Å². The highest BCUT2D eigenvalue weighted by Crippen LogP contribution is 2.40. The third-order valence-electron chi connectivity index (χ3n) is 5.36. The van der Waals surface area contributed by atoms with Crippen molar-refractivity contribution in [3.8, 4) is 0 Å². The fourth-order valence-electron chi connectivity index (χ4n) is 3.81. The zero-order chi connectivity index (χ0) is 19.3. The third-order valence-corrected chi connectivity index (χ3v) is 5.36. The molecular formula is C18H22F3N5O. The minimum absolute atomic E-state index is 0.241. The Morgan fingerprint density at radius 2 is 2.07 bits per heavy atom. The lowest BCUT2D eigenvalue weighted by Crippen LogP contribution is -2.28. The lowest BCUT2D eigenvalue weighted by atomic mass is 10.1. The molecule has 2 aliphatic rings. The molecular weight excluding hydrogens is 359 g/mol. The van der Waals surface area contributed by atoms with Gasteiger partial charge in [0.05, 0.1) is 5.69 Å². The van der Waals surface area contributed by atoms with E-state index in [-0.39, 0.29) is 11.5 Å². The van der Waals surface area contributed by atoms with Gasteiger partial charge in [-0.2, -0.15) is 23.4 Å². The summed E-state index contributed by atoms with van der Waals surface area (Å²) in [5.41, 5.74) is 0.872. The predicted molar refractivity (Wildman–Crippen MR) is 92.4 cm³/mol. The van der Waals surface area contributed by atoms with E-state index < -0.39 is 17.9 Å². The number of carbonyl (C=O) groups is 1. The number of nitrogens with one attached hydrogen (secondary N) is 1. The number of aryl methyl sites for hydroxylation is 1. The molecule has 2 aromatic heterocycles. The van der Waals surface area contributed by atoms with Gasteiger partial charge in [-0.15, -0.1) is 0 Å². The Kier molecular flexibility index (Phi) is 4.27. The number of fused-ring (bicyclic) bond motifs is 1. The summed E-state index contributed by atoms with van der Waals surface area (Å²) in [4.78, 5) is 12.9. The molecule has 27 heavy (non-hydrogen) atoms. The SMILES string of the molecule is CCC(C(=O)Nc1cc(C2CC2)nn1C)n1nc(C(F)(F)F)c2c1CCC2. The summed E-state index contributed by atoms with van der Waals surface area (Å²) in [6.45, 7) is 1.78. The molecule has 0 bridgehead atoms. The second-order valence-corrected chi connectivity index (χ2v) is 7.34. The van der Waals surface area contributed by atoms with Crippen molar-refractivity contribution in [3.05, 3.63) is 28.7 Å². The highest BCUT2D eigenvalue weighted by atomic mass is 19.4. The molecule has 2 aliphatic carbocycles. The molecule has 1 amide bonds. The molecule has 1 unspecified atom stereocenters. The maximum absolute atomic E-state index is 13.3. The van der Waals surface area contributed by atoms with E-state index in [2.05, 4.69) is 15.5 Å². The molecule has 2 heterocycles. The minimum atomic E-state index is -4.50. The van der Waals surface area contributed by atoms with Crippen LogP contribution in [0.15, 0.2) is 6.07 Å². The van der Waals surface area contributed by atoms with E-state index in [9.17, 15) is 18.0 Å². The van der Waals surface area contributed by atoms with E-state index in [1.54, 1.807) is 18.7 Å². The first-order valence-corrected chi connectivity index (χ1v) is 9.31. The molecule has 0 radical (unpaired) electrons. The van der Waals surface area contributed by atoms with E-state index in [4.69, 9.17) is 0 Å². The molecule has 4 rings (SSSR count). The van der Waals surface area contributed by atoms with Crippen LogP contribution in [-0.2, 0) is 30.9 Å². The van der Waals surface area contributed by atoms with Crippen molar-refractivity contribution in [1.82, 2.24) is 19.6 Å². The first-order valence-electron chi connectivity index (χ1n) is 9.31. The normalized spacial score (nSPS) is 17.8. The Balaban J connectivity index is 1.61. The Morgan fingerprint density at radius 3 is 2.70 bits per heavy atom. The van der Waals surface area contributed by atoms with E-state index in [0.29, 0.717) is 43.1 Å². The van der Waals surface area contributed by atoms with Crippen molar-refractivity contribution in [2.45, 2.75) is 63.6 Å². The molecule has 0 aliphatic heterocycles. The van der Waals surface area contributed by atoms with Gasteiger partial charge in [-0.3, -0.25) is 14.2 Å². The predicted octanol–water partition coefficient (Wildman–Crippen LogP) is 3.59. The fourth-order valence-corrected chi connectivity index (χ4v) is 3.81. The van der Waals surface area contributed by atoms with Crippen LogP contribution in [0.5, 0.6) is 0 Å². The number of nitrogens with zero attached hydrogens (tertiary/aromatic N) is 4. The fraction of sp³-hybridized carbons (Fsp3) is 0.611. The second kappa shape index (κ2) is 6.38. The van der Waals surface area contributed by atoms with E-state index >= 15 is 0 Å². The quantitative estimate of drug-likeness (QED) is 0.861. The molecule has 1 saturated carbocycles. The van der Waals surface area contributed by atoms with Crippen molar-refractivity contribution in [2.75, 3.05) is 5.32 Å². The Labute approximate surface area is 154 Å². The van der Waals surface area contributed by atoms with Crippen molar-refractivity contribution in [1.29, 1.82) is 0 Å². The van der Waals surface area contributed by atoms with Gasteiger partial charge >= 0.3 is 6.18 Å². The third kappa shape index (κ3) is 3.23. The zero-order valence-corrected chi connectivity index (χ0v) is 15.3. The summed E-state index contributed by atoms with van der Waals surface area (Å²) >= 11 is 0. The van der Waals surface area contributed by atoms with Gasteiger partial charge in [0.2, 0.25) is 5.91 Å². The zero-order valence-electron chi connectivity index (χ0n) is 15.3. The van der Waals surface area contributed by atoms with Crippen LogP contribution in [0.3, 0.4) is 0 Å². The highest BCUT2D eigenvalue weighted by molar-refractivity contribution is 5.93. The summed E-state index contributed by atoms with van der Waals surface area (Å²) in [6, 6.07) is 1.06. The molecule has 1 fully saturated rings. The van der Waals surface area contributed by atoms with Crippen LogP contribution in [0.4, 0.5) is 19.0 Å². The number of carbonyl (C=O) groups excluding carboxylic acids is 1. The molecule has 2 aromatic rings. The summed E-state index contributed by atoms with van der Waals surface area (Å²) in [5, 5.41) is 11.0. The van der Waals surface area contributed by atoms with Crippen LogP contribution < -0.4 is 5.32 Å². The average molecular weight is 381 g/mol. The van der Waals surface area contributed by atoms with Crippen LogP contribution in [0.25, 0.3) is 0 Å². The van der Waals surface area contributed by atoms with Crippen molar-refractivity contribution < 1.29 is 18.0 Å². The van der Waals surface area contributed by atoms with Crippen LogP contribution in [-0.4, -0.2) is 25.5 Å². The summed E-state index contributed by atoms with van der Waals surface area (Å²) in [7, 11) is 1.75. The maximum Gasteiger partial charge on any atom is 0.435 e. The molecule has 9 heteroatoms. The Hall–Kier alpha value is -2.32. The largest absolute Gasteiger partial charge is 0.435 e. The van der Waals surface area contributed by atoms with Gasteiger partial charge in [0, 0.05) is 30.3 Å². The van der Waals surface area contributed by atoms with Gasteiger partial charge in [-0.1, -0.05) is 6.92 Å². The number of aromatic nitrogens is 4. The van der Waals surface area contributed by atoms with E-state index in [0.717, 1.165) is 18.5 Å². The molecule has 146 valence electrons. The lowest BCUT2D eigenvalue weighted by molar-refractivity contribution is -0.142. The van der Waals surface area contributed by atoms with Crippen molar-refractivity contribution in [3.63, 3.8) is 0 Å². The molecule has 1 atom stereocenters. The minimum Gasteiger partial charge on any atom is -0.309 e. The Bertz CT molecular complexity index is 878. The smallest absolute Gasteiger partial charge is 0.309 e. The first-order chi connectivity index (χ1) is 12.8. The van der Waals surface area contributed by atoms with Crippen LogP contribution in [0.2, 0.25) is 0 Å². The van der Waals surface area contributed by atoms with Crippen molar-refractivity contribution >= 4 is 11.7 Å². The number of amides is 1. The topological polar surface area (TPSA) is 64.7 Å². The van der Waals surface area contributed by atoms with Gasteiger partial charge in [0.15, 0.2) is 5.69 Å². The van der Waals surface area contributed by atoms with Crippen LogP contribution in [0.1, 0.15) is 67.2 Å². The highest BCUT2D eigenvalue weighted by Gasteiger charge is 2.41. The van der Waals surface area contributed by atoms with Gasteiger partial charge < -0.3 is 5.32 Å². The number of rotatable bonds is 5. The number of anilines is 1. The summed E-state index contributed by atoms with van der Waals surface area (Å²) < 4.78 is 42.9. The summed E-state index contributed by atoms with van der Waals surface area (Å²) in [5.74, 6) is 0.640. The van der Waals surface area contributed by atoms with E-state index in [1.807, 2.05) is 6.07 Å². The number of halogens is 3. The van der Waals surface area contributed by atoms with E-state index in [1.165, 1.54) is 4.68 Å². The molecule has 0 saturated heterocycles. The lowest BCUT2D eigenvalue weighted by Gasteiger charge is -2.18. The average Bonchev–Trinajstić information content (AvgIpc) is 3.05. The number of alkyl halides is 3. The maximum atomic E-state index is 13.3. The van der Waals surface area contributed by atoms with Gasteiger partial charge in [-0.25, -0.2) is 0 Å². The monoisotopic (exact) mass is 381 g/mol. The summed E-state index contributed by atoms with van der Waals surface area (Å²) in [6.07, 6.45) is -0.432. The number of hydrogen-bond acceptors (Lipinski definition) is 3.